The molecule has 20 heavy (non-hydrogen) atoms. The smallest absolute Gasteiger partial charge is 0.389 e. The first-order valence-corrected chi connectivity index (χ1v) is 7.76. The summed E-state index contributed by atoms with van der Waals surface area (Å²) in [7, 11) is -4.33. The Hall–Kier alpha value is 0.0300. The minimum Gasteiger partial charge on any atom is -0.389 e. The van der Waals surface area contributed by atoms with Crippen LogP contribution in [-0.4, -0.2) is 79.1 Å². The van der Waals surface area contributed by atoms with Gasteiger partial charge in [0.15, 0.2) is 6.35 Å². The van der Waals surface area contributed by atoms with Gasteiger partial charge < -0.3 is 20.1 Å². The molecule has 0 amide bonds. The zero-order valence-electron chi connectivity index (χ0n) is 10.6. The lowest BCUT2D eigenvalue weighted by molar-refractivity contribution is -0.191. The van der Waals surface area contributed by atoms with E-state index in [9.17, 15) is 15.3 Å². The van der Waals surface area contributed by atoms with E-state index in [1.807, 2.05) is 0 Å². The summed E-state index contributed by atoms with van der Waals surface area (Å²) in [6.45, 7) is 0.0341. The molecule has 11 heteroatoms. The van der Waals surface area contributed by atoms with Crippen LogP contribution >= 0.6 is 8.17 Å². The summed E-state index contributed by atoms with van der Waals surface area (Å²) < 4.78 is 9.91. The van der Waals surface area contributed by atoms with Crippen molar-refractivity contribution in [1.29, 1.82) is 0 Å². The summed E-state index contributed by atoms with van der Waals surface area (Å²) in [5.41, 5.74) is 0. The van der Waals surface area contributed by atoms with Crippen LogP contribution in [0.15, 0.2) is 0 Å². The molecule has 5 unspecified atom stereocenters. The number of ether oxygens (including phenoxy) is 1. The summed E-state index contributed by atoms with van der Waals surface area (Å²) in [4.78, 5) is 27.6. The van der Waals surface area contributed by atoms with Crippen molar-refractivity contribution in [2.45, 2.75) is 43.9 Å². The number of aliphatic hydroxyl groups excluding tert-OH is 3. The molecule has 0 saturated carbocycles. The molecule has 2 aliphatic rings. The van der Waals surface area contributed by atoms with E-state index in [0.29, 0.717) is 13.0 Å². The van der Waals surface area contributed by atoms with E-state index in [2.05, 4.69) is 9.84 Å². The third kappa shape index (κ3) is 4.26. The van der Waals surface area contributed by atoms with Crippen LogP contribution in [0.2, 0.25) is 0 Å². The van der Waals surface area contributed by atoms with Gasteiger partial charge in [-0.25, -0.2) is 4.90 Å². The van der Waals surface area contributed by atoms with Crippen LogP contribution in [0.25, 0.3) is 0 Å². The number of hydrogen-bond donors (Lipinski definition) is 7. The van der Waals surface area contributed by atoms with Gasteiger partial charge in [0.05, 0.1) is 12.2 Å². The summed E-state index contributed by atoms with van der Waals surface area (Å²) in [5, 5.41) is 31.5. The second-order valence-corrected chi connectivity index (χ2v) is 6.13. The van der Waals surface area contributed by atoms with Crippen molar-refractivity contribution < 1.29 is 39.3 Å². The highest BCUT2D eigenvalue weighted by Gasteiger charge is 2.44. The zero-order chi connectivity index (χ0) is 14.9. The summed E-state index contributed by atoms with van der Waals surface area (Å²) in [6, 6.07) is 0. The normalized spacial score (nSPS) is 40.2. The van der Waals surface area contributed by atoms with Crippen LogP contribution < -0.4 is 5.32 Å². The fourth-order valence-corrected chi connectivity index (χ4v) is 2.70. The predicted octanol–water partition coefficient (Wildman–Crippen LogP) is -2.98. The fourth-order valence-electron chi connectivity index (χ4n) is 2.33. The van der Waals surface area contributed by atoms with Crippen LogP contribution in [0, 0.1) is 0 Å². The Kier molecular flexibility index (Phi) is 5.27. The molecule has 0 bridgehead atoms. The van der Waals surface area contributed by atoms with E-state index in [-0.39, 0.29) is 13.0 Å². The van der Waals surface area contributed by atoms with Crippen LogP contribution in [-0.2, 0) is 9.26 Å². The molecule has 2 rings (SSSR count). The SMILES string of the molecule is OC1CCN(C2OC(CO[P+](O)(O)O)CC2O)C(O)N1. The lowest BCUT2D eigenvalue weighted by Crippen LogP contribution is -2.60. The minimum atomic E-state index is -4.33. The standard InChI is InChI=1S/C9H20N2O8P/c12-6-3-5(4-18-20(15,16)17)19-8(6)11-2-1-7(13)10-9(11)14/h5-10,12-17H,1-4H2/q+1. The van der Waals surface area contributed by atoms with E-state index in [0.717, 1.165) is 0 Å². The van der Waals surface area contributed by atoms with Crippen molar-refractivity contribution >= 4 is 8.17 Å². The molecular formula is C9H20N2O8P+. The minimum absolute atomic E-state index is 0.163. The second kappa shape index (κ2) is 6.42. The number of nitrogens with zero attached hydrogens (tertiary/aromatic N) is 1. The van der Waals surface area contributed by atoms with Crippen LogP contribution in [0.1, 0.15) is 12.8 Å². The first kappa shape index (κ1) is 16.4. The number of rotatable bonds is 4. The van der Waals surface area contributed by atoms with Crippen LogP contribution in [0.3, 0.4) is 0 Å². The van der Waals surface area contributed by atoms with Gasteiger partial charge >= 0.3 is 8.17 Å². The Labute approximate surface area is 115 Å². The highest BCUT2D eigenvalue weighted by atomic mass is 31.2. The van der Waals surface area contributed by atoms with Crippen molar-refractivity contribution in [1.82, 2.24) is 10.2 Å². The largest absolute Gasteiger partial charge is 0.567 e. The molecule has 0 aromatic rings. The fraction of sp³-hybridized carbons (Fsp3) is 1.00. The average molecular weight is 315 g/mol. The van der Waals surface area contributed by atoms with Gasteiger partial charge in [0.2, 0.25) is 0 Å². The Morgan fingerprint density at radius 1 is 1.25 bits per heavy atom. The quantitative estimate of drug-likeness (QED) is 0.267. The molecule has 0 aromatic carbocycles. The van der Waals surface area contributed by atoms with Gasteiger partial charge in [0.25, 0.3) is 0 Å². The van der Waals surface area contributed by atoms with Gasteiger partial charge in [-0.1, -0.05) is 0 Å². The lowest BCUT2D eigenvalue weighted by Gasteiger charge is -2.39. The van der Waals surface area contributed by atoms with Crippen molar-refractivity contribution in [3.05, 3.63) is 0 Å². The predicted molar refractivity (Wildman–Crippen MR) is 65.3 cm³/mol. The summed E-state index contributed by atoms with van der Waals surface area (Å²) in [6.07, 6.45) is -3.79. The maximum atomic E-state index is 9.92. The van der Waals surface area contributed by atoms with Gasteiger partial charge in [-0.15, -0.1) is 0 Å². The highest BCUT2D eigenvalue weighted by molar-refractivity contribution is 7.53. The van der Waals surface area contributed by atoms with E-state index in [4.69, 9.17) is 19.4 Å². The number of hydrogen-bond acceptors (Lipinski definition) is 10. The highest BCUT2D eigenvalue weighted by Crippen LogP contribution is 2.46. The van der Waals surface area contributed by atoms with Crippen LogP contribution in [0.5, 0.6) is 0 Å². The molecule has 0 spiro atoms. The van der Waals surface area contributed by atoms with Gasteiger partial charge in [-0.2, -0.15) is 19.2 Å². The van der Waals surface area contributed by atoms with E-state index in [1.165, 1.54) is 4.90 Å². The molecule has 10 nitrogen and oxygen atoms in total. The van der Waals surface area contributed by atoms with E-state index in [1.54, 1.807) is 0 Å². The molecule has 0 aliphatic carbocycles. The van der Waals surface area contributed by atoms with Crippen molar-refractivity contribution in [2.75, 3.05) is 13.2 Å². The lowest BCUT2D eigenvalue weighted by atomic mass is 10.2. The zero-order valence-corrected chi connectivity index (χ0v) is 11.5. The summed E-state index contributed by atoms with van der Waals surface area (Å²) in [5.74, 6) is 0. The monoisotopic (exact) mass is 315 g/mol. The van der Waals surface area contributed by atoms with E-state index < -0.39 is 39.2 Å². The Bertz CT molecular complexity index is 330. The maximum absolute atomic E-state index is 9.92. The molecule has 2 saturated heterocycles. The Morgan fingerprint density at radius 3 is 2.55 bits per heavy atom. The molecular weight excluding hydrogens is 295 g/mol. The van der Waals surface area contributed by atoms with Gasteiger partial charge in [-0.05, 0) is 6.42 Å². The molecule has 2 fully saturated rings. The molecule has 2 heterocycles. The first-order chi connectivity index (χ1) is 9.26. The molecule has 0 radical (unpaired) electrons. The second-order valence-electron chi connectivity index (χ2n) is 4.84. The molecule has 0 aromatic heterocycles. The van der Waals surface area contributed by atoms with Crippen molar-refractivity contribution in [2.24, 2.45) is 0 Å². The number of nitrogens with one attached hydrogen (secondary N) is 1. The molecule has 2 aliphatic heterocycles. The van der Waals surface area contributed by atoms with Gasteiger partial charge in [0, 0.05) is 13.0 Å². The summed E-state index contributed by atoms with van der Waals surface area (Å²) >= 11 is 0. The van der Waals surface area contributed by atoms with Gasteiger partial charge in [-0.3, -0.25) is 5.32 Å². The molecule has 118 valence electrons. The third-order valence-corrected chi connectivity index (χ3v) is 3.74. The van der Waals surface area contributed by atoms with Crippen LogP contribution in [0.4, 0.5) is 0 Å². The Morgan fingerprint density at radius 2 is 1.95 bits per heavy atom. The molecule has 5 atom stereocenters. The third-order valence-electron chi connectivity index (χ3n) is 3.24. The van der Waals surface area contributed by atoms with Gasteiger partial charge in [0.1, 0.15) is 19.1 Å². The number of aliphatic hydroxyl groups is 3. The van der Waals surface area contributed by atoms with Crippen molar-refractivity contribution in [3.63, 3.8) is 0 Å². The average Bonchev–Trinajstić information content (AvgIpc) is 2.67. The maximum Gasteiger partial charge on any atom is 0.567 e. The molecule has 7 N–H and O–H groups in total. The first-order valence-electron chi connectivity index (χ1n) is 6.19. The van der Waals surface area contributed by atoms with Crippen molar-refractivity contribution in [3.8, 4) is 0 Å². The Balaban J connectivity index is 1.87. The topological polar surface area (TPSA) is 155 Å². The van der Waals surface area contributed by atoms with E-state index >= 15 is 0 Å².